The fraction of sp³-hybridized carbons (Fsp3) is 0. The Hall–Kier alpha value is -5.83. The number of rotatable bonds is 3. The van der Waals surface area contributed by atoms with Gasteiger partial charge in [-0.25, -0.2) is 0 Å². The standard InChI is InChI=1S/C46H29NS/c1-2-14-35-30(12-1)13-11-19-36(35)33-26-32(27-34(28-33)47-43-20-7-9-22-45(43)48-46-23-10-8-21-44(46)47)31-24-25-41-39-17-4-3-15-37(39)38-16-5-6-18-40(38)42(41)29-31/h1-29H. The normalized spacial score (nSPS) is 12.5. The van der Waals surface area contributed by atoms with Crippen molar-refractivity contribution >= 4 is 71.9 Å². The minimum absolute atomic E-state index is 1.15. The van der Waals surface area contributed by atoms with Crippen LogP contribution in [-0.2, 0) is 0 Å². The Morgan fingerprint density at radius 3 is 1.54 bits per heavy atom. The van der Waals surface area contributed by atoms with Crippen LogP contribution in [0.2, 0.25) is 0 Å². The maximum atomic E-state index is 2.45. The molecule has 0 aromatic heterocycles. The zero-order valence-corrected chi connectivity index (χ0v) is 26.9. The van der Waals surface area contributed by atoms with Crippen LogP contribution in [0.15, 0.2) is 186 Å². The predicted molar refractivity (Wildman–Crippen MR) is 206 cm³/mol. The van der Waals surface area contributed by atoms with Crippen LogP contribution in [0.3, 0.4) is 0 Å². The summed E-state index contributed by atoms with van der Waals surface area (Å²) in [7, 11) is 0. The van der Waals surface area contributed by atoms with Crippen LogP contribution in [0.25, 0.3) is 65.3 Å². The van der Waals surface area contributed by atoms with E-state index in [2.05, 4.69) is 181 Å². The first kappa shape index (κ1) is 27.3. The van der Waals surface area contributed by atoms with Crippen molar-refractivity contribution in [3.8, 4) is 22.3 Å². The maximum absolute atomic E-state index is 2.45. The minimum Gasteiger partial charge on any atom is -0.308 e. The summed E-state index contributed by atoms with van der Waals surface area (Å²) in [4.78, 5) is 4.97. The number of hydrogen-bond donors (Lipinski definition) is 0. The maximum Gasteiger partial charge on any atom is 0.0601 e. The monoisotopic (exact) mass is 627 g/mol. The molecule has 0 N–H and O–H groups in total. The lowest BCUT2D eigenvalue weighted by Gasteiger charge is -2.33. The zero-order chi connectivity index (χ0) is 31.6. The molecule has 1 aliphatic rings. The van der Waals surface area contributed by atoms with Gasteiger partial charge < -0.3 is 4.90 Å². The molecule has 10 rings (SSSR count). The molecular weight excluding hydrogens is 599 g/mol. The van der Waals surface area contributed by atoms with E-state index in [0.717, 1.165) is 5.69 Å². The number of anilines is 3. The first-order valence-electron chi connectivity index (χ1n) is 16.4. The SMILES string of the molecule is c1ccc2c(c1)Sc1ccccc1N2c1cc(-c2ccc3c4ccccc4c4ccccc4c3c2)cc(-c2cccc3ccccc23)c1. The quantitative estimate of drug-likeness (QED) is 0.179. The van der Waals surface area contributed by atoms with Crippen molar-refractivity contribution < 1.29 is 0 Å². The Labute approximate surface area is 283 Å². The van der Waals surface area contributed by atoms with Gasteiger partial charge in [0.15, 0.2) is 0 Å². The van der Waals surface area contributed by atoms with E-state index in [9.17, 15) is 0 Å². The Kier molecular flexibility index (Phi) is 6.18. The number of fused-ring (bicyclic) bond motifs is 9. The average Bonchev–Trinajstić information content (AvgIpc) is 3.16. The van der Waals surface area contributed by atoms with E-state index in [-0.39, 0.29) is 0 Å². The second-order valence-corrected chi connectivity index (χ2v) is 13.6. The van der Waals surface area contributed by atoms with Crippen LogP contribution in [0.1, 0.15) is 0 Å². The highest BCUT2D eigenvalue weighted by molar-refractivity contribution is 7.99. The first-order valence-corrected chi connectivity index (χ1v) is 17.2. The summed E-state index contributed by atoms with van der Waals surface area (Å²) in [6.45, 7) is 0. The highest BCUT2D eigenvalue weighted by Gasteiger charge is 2.25. The van der Waals surface area contributed by atoms with Gasteiger partial charge in [0.2, 0.25) is 0 Å². The van der Waals surface area contributed by atoms with Gasteiger partial charge in [-0.1, -0.05) is 139 Å². The molecule has 0 saturated carbocycles. The van der Waals surface area contributed by atoms with E-state index >= 15 is 0 Å². The molecule has 0 radical (unpaired) electrons. The summed E-state index contributed by atoms with van der Waals surface area (Å²) < 4.78 is 0. The summed E-state index contributed by atoms with van der Waals surface area (Å²) in [5.74, 6) is 0. The smallest absolute Gasteiger partial charge is 0.0601 e. The fourth-order valence-corrected chi connectivity index (χ4v) is 8.67. The molecular formula is C46H29NS. The summed E-state index contributed by atoms with van der Waals surface area (Å²) in [5.41, 5.74) is 8.41. The van der Waals surface area contributed by atoms with Crippen molar-refractivity contribution in [1.82, 2.24) is 0 Å². The van der Waals surface area contributed by atoms with Gasteiger partial charge in [-0.05, 0) is 114 Å². The highest BCUT2D eigenvalue weighted by Crippen LogP contribution is 2.52. The van der Waals surface area contributed by atoms with E-state index < -0.39 is 0 Å². The van der Waals surface area contributed by atoms with E-state index in [1.807, 2.05) is 11.8 Å². The van der Waals surface area contributed by atoms with Crippen molar-refractivity contribution in [2.45, 2.75) is 9.79 Å². The molecule has 224 valence electrons. The van der Waals surface area contributed by atoms with Crippen LogP contribution in [0.4, 0.5) is 17.1 Å². The summed E-state index contributed by atoms with van der Waals surface area (Å²) in [6.07, 6.45) is 0. The van der Waals surface area contributed by atoms with Gasteiger partial charge in [0.05, 0.1) is 11.4 Å². The van der Waals surface area contributed by atoms with Crippen molar-refractivity contribution in [3.63, 3.8) is 0 Å². The molecule has 1 nitrogen and oxygen atoms in total. The van der Waals surface area contributed by atoms with Crippen LogP contribution >= 0.6 is 11.8 Å². The molecule has 2 heteroatoms. The minimum atomic E-state index is 1.15. The molecule has 0 spiro atoms. The molecule has 0 amide bonds. The molecule has 0 bridgehead atoms. The van der Waals surface area contributed by atoms with E-state index in [1.54, 1.807) is 0 Å². The van der Waals surface area contributed by atoms with Crippen LogP contribution in [-0.4, -0.2) is 0 Å². The van der Waals surface area contributed by atoms with Crippen LogP contribution in [0, 0.1) is 0 Å². The molecule has 0 aliphatic carbocycles. The lowest BCUT2D eigenvalue weighted by molar-refractivity contribution is 1.17. The number of hydrogen-bond acceptors (Lipinski definition) is 2. The van der Waals surface area contributed by atoms with Crippen molar-refractivity contribution in [2.75, 3.05) is 4.90 Å². The molecule has 1 aliphatic heterocycles. The summed E-state index contributed by atoms with van der Waals surface area (Å²) in [5, 5.41) is 10.2. The lowest BCUT2D eigenvalue weighted by atomic mass is 9.90. The van der Waals surface area contributed by atoms with Gasteiger partial charge in [0.1, 0.15) is 0 Å². The van der Waals surface area contributed by atoms with Crippen molar-refractivity contribution in [1.29, 1.82) is 0 Å². The molecule has 0 saturated heterocycles. The largest absolute Gasteiger partial charge is 0.308 e. The lowest BCUT2D eigenvalue weighted by Crippen LogP contribution is -2.14. The third kappa shape index (κ3) is 4.27. The summed E-state index contributed by atoms with van der Waals surface area (Å²) in [6, 6.07) is 64.7. The molecule has 0 fully saturated rings. The molecule has 0 unspecified atom stereocenters. The van der Waals surface area contributed by atoms with E-state index in [1.165, 1.54) is 86.5 Å². The number of para-hydroxylation sites is 2. The third-order valence-corrected chi connectivity index (χ3v) is 10.9. The van der Waals surface area contributed by atoms with Gasteiger partial charge in [0, 0.05) is 15.5 Å². The second kappa shape index (κ2) is 10.9. The Balaban J connectivity index is 1.27. The molecule has 48 heavy (non-hydrogen) atoms. The van der Waals surface area contributed by atoms with E-state index in [0.29, 0.717) is 0 Å². The molecule has 9 aromatic rings. The third-order valence-electron chi connectivity index (χ3n) is 9.79. The average molecular weight is 628 g/mol. The predicted octanol–water partition coefficient (Wildman–Crippen LogP) is 13.6. The Morgan fingerprint density at radius 2 is 0.854 bits per heavy atom. The molecule has 1 heterocycles. The van der Waals surface area contributed by atoms with Gasteiger partial charge in [-0.15, -0.1) is 0 Å². The topological polar surface area (TPSA) is 3.24 Å². The van der Waals surface area contributed by atoms with Gasteiger partial charge in [-0.2, -0.15) is 0 Å². The van der Waals surface area contributed by atoms with E-state index in [4.69, 9.17) is 0 Å². The van der Waals surface area contributed by atoms with Gasteiger partial charge in [-0.3, -0.25) is 0 Å². The van der Waals surface area contributed by atoms with Crippen molar-refractivity contribution in [3.05, 3.63) is 176 Å². The fourth-order valence-electron chi connectivity index (χ4n) is 7.61. The van der Waals surface area contributed by atoms with Gasteiger partial charge >= 0.3 is 0 Å². The van der Waals surface area contributed by atoms with Crippen LogP contribution in [0.5, 0.6) is 0 Å². The number of nitrogens with zero attached hydrogens (tertiary/aromatic N) is 1. The highest BCUT2D eigenvalue weighted by atomic mass is 32.2. The number of benzene rings is 9. The van der Waals surface area contributed by atoms with Crippen LogP contribution < -0.4 is 4.90 Å². The Morgan fingerprint density at radius 1 is 0.333 bits per heavy atom. The molecule has 0 atom stereocenters. The zero-order valence-electron chi connectivity index (χ0n) is 26.1. The summed E-state index contributed by atoms with van der Waals surface area (Å²) >= 11 is 1.85. The van der Waals surface area contributed by atoms with Crippen molar-refractivity contribution in [2.24, 2.45) is 0 Å². The molecule has 9 aromatic carbocycles. The first-order chi connectivity index (χ1) is 23.8. The Bertz CT molecular complexity index is 2640. The second-order valence-electron chi connectivity index (χ2n) is 12.5. The van der Waals surface area contributed by atoms with Gasteiger partial charge in [0.25, 0.3) is 0 Å².